The van der Waals surface area contributed by atoms with Crippen LogP contribution in [0.15, 0.2) is 48.5 Å². The number of nitrogens with zero attached hydrogens (tertiary/aromatic N) is 2. The van der Waals surface area contributed by atoms with E-state index in [1.165, 1.54) is 18.0 Å². The molecule has 0 aromatic heterocycles. The Morgan fingerprint density at radius 3 is 2.19 bits per heavy atom. The van der Waals surface area contributed by atoms with Gasteiger partial charge in [0.05, 0.1) is 17.0 Å². The maximum absolute atomic E-state index is 13.3. The fourth-order valence-corrected chi connectivity index (χ4v) is 4.40. The lowest BCUT2D eigenvalue weighted by molar-refractivity contribution is -0.140. The molecule has 2 amide bonds. The molecule has 0 unspecified atom stereocenters. The Bertz CT molecular complexity index is 1030. The van der Waals surface area contributed by atoms with E-state index in [4.69, 9.17) is 23.2 Å². The van der Waals surface area contributed by atoms with Crippen LogP contribution in [0.25, 0.3) is 0 Å². The highest BCUT2D eigenvalue weighted by Crippen LogP contribution is 2.27. The molecular formula is C21H25Cl2N3O4S. The molecule has 2 rings (SSSR count). The first-order valence-corrected chi connectivity index (χ1v) is 12.2. The molecule has 7 nitrogen and oxygen atoms in total. The van der Waals surface area contributed by atoms with Crippen LogP contribution in [0.3, 0.4) is 0 Å². The Labute approximate surface area is 193 Å². The third-order valence-electron chi connectivity index (χ3n) is 4.70. The minimum atomic E-state index is -3.82. The quantitative estimate of drug-likeness (QED) is 0.589. The van der Waals surface area contributed by atoms with Gasteiger partial charge in [0.15, 0.2) is 0 Å². The lowest BCUT2D eigenvalue weighted by Gasteiger charge is -2.32. The van der Waals surface area contributed by atoms with Gasteiger partial charge in [0.2, 0.25) is 21.8 Å². The fourth-order valence-electron chi connectivity index (χ4n) is 3.12. The van der Waals surface area contributed by atoms with Crippen molar-refractivity contribution < 1.29 is 18.0 Å². The number of rotatable bonds is 9. The van der Waals surface area contributed by atoms with E-state index in [1.54, 1.807) is 49.4 Å². The SMILES string of the molecule is CC[C@@H](C(=O)NC)N(Cc1ccc(Cl)cc1)C(=O)CN(c1ccccc1Cl)S(C)(=O)=O. The highest BCUT2D eigenvalue weighted by molar-refractivity contribution is 7.92. The van der Waals surface area contributed by atoms with E-state index in [1.807, 2.05) is 0 Å². The molecule has 1 N–H and O–H groups in total. The third kappa shape index (κ3) is 6.59. The molecule has 0 spiro atoms. The van der Waals surface area contributed by atoms with Crippen LogP contribution in [-0.2, 0) is 26.2 Å². The van der Waals surface area contributed by atoms with Crippen LogP contribution in [0, 0.1) is 0 Å². The molecule has 31 heavy (non-hydrogen) atoms. The van der Waals surface area contributed by atoms with Crippen molar-refractivity contribution in [1.82, 2.24) is 10.2 Å². The average Bonchev–Trinajstić information content (AvgIpc) is 2.72. The third-order valence-corrected chi connectivity index (χ3v) is 6.40. The molecule has 0 bridgehead atoms. The molecule has 2 aromatic rings. The number of hydrogen-bond acceptors (Lipinski definition) is 4. The normalized spacial score (nSPS) is 12.2. The predicted octanol–water partition coefficient (Wildman–Crippen LogP) is 3.31. The number of hydrogen-bond donors (Lipinski definition) is 1. The van der Waals surface area contributed by atoms with Gasteiger partial charge in [0, 0.05) is 18.6 Å². The number of nitrogens with one attached hydrogen (secondary N) is 1. The largest absolute Gasteiger partial charge is 0.357 e. The Kier molecular flexibility index (Phi) is 8.73. The van der Waals surface area contributed by atoms with Gasteiger partial charge in [-0.1, -0.05) is 54.4 Å². The molecule has 0 fully saturated rings. The zero-order chi connectivity index (χ0) is 23.2. The van der Waals surface area contributed by atoms with Crippen LogP contribution in [0.5, 0.6) is 0 Å². The molecule has 2 aromatic carbocycles. The van der Waals surface area contributed by atoms with Crippen molar-refractivity contribution in [1.29, 1.82) is 0 Å². The maximum Gasteiger partial charge on any atom is 0.244 e. The molecule has 10 heteroatoms. The minimum absolute atomic E-state index is 0.113. The van der Waals surface area contributed by atoms with E-state index in [9.17, 15) is 18.0 Å². The van der Waals surface area contributed by atoms with Crippen molar-refractivity contribution in [2.24, 2.45) is 0 Å². The van der Waals surface area contributed by atoms with Gasteiger partial charge in [-0.2, -0.15) is 0 Å². The standard InChI is InChI=1S/C21H25Cl2N3O4S/c1-4-18(21(28)24-2)25(13-15-9-11-16(22)12-10-15)20(27)14-26(31(3,29)30)19-8-6-5-7-17(19)23/h5-12,18H,4,13-14H2,1-3H3,(H,24,28)/t18-/m0/s1. The Morgan fingerprint density at radius 2 is 1.68 bits per heavy atom. The molecule has 0 saturated carbocycles. The summed E-state index contributed by atoms with van der Waals surface area (Å²) >= 11 is 12.1. The van der Waals surface area contributed by atoms with E-state index in [2.05, 4.69) is 5.32 Å². The number of carbonyl (C=O) groups excluding carboxylic acids is 2. The lowest BCUT2D eigenvalue weighted by Crippen LogP contribution is -2.51. The summed E-state index contributed by atoms with van der Waals surface area (Å²) in [6, 6.07) is 12.5. The topological polar surface area (TPSA) is 86.8 Å². The van der Waals surface area contributed by atoms with Gasteiger partial charge in [-0.05, 0) is 36.2 Å². The number of sulfonamides is 1. The molecule has 1 atom stereocenters. The van der Waals surface area contributed by atoms with E-state index in [0.717, 1.165) is 16.1 Å². The molecule has 168 valence electrons. The lowest BCUT2D eigenvalue weighted by atomic mass is 10.1. The first-order chi connectivity index (χ1) is 14.6. The maximum atomic E-state index is 13.3. The number of carbonyl (C=O) groups is 2. The van der Waals surface area contributed by atoms with Crippen LogP contribution in [0.1, 0.15) is 18.9 Å². The Morgan fingerprint density at radius 1 is 1.06 bits per heavy atom. The second-order valence-electron chi connectivity index (χ2n) is 6.91. The van der Waals surface area contributed by atoms with Crippen molar-refractivity contribution in [3.8, 4) is 0 Å². The van der Waals surface area contributed by atoms with Crippen molar-refractivity contribution in [3.63, 3.8) is 0 Å². The van der Waals surface area contributed by atoms with Gasteiger partial charge in [0.25, 0.3) is 0 Å². The number of likely N-dealkylation sites (N-methyl/N-ethyl adjacent to an activating group) is 1. The molecule has 0 aliphatic heterocycles. The smallest absolute Gasteiger partial charge is 0.244 e. The summed E-state index contributed by atoms with van der Waals surface area (Å²) in [7, 11) is -2.33. The van der Waals surface area contributed by atoms with Crippen LogP contribution in [0.2, 0.25) is 10.0 Å². The van der Waals surface area contributed by atoms with E-state index >= 15 is 0 Å². The number of anilines is 1. The van der Waals surface area contributed by atoms with Gasteiger partial charge in [0.1, 0.15) is 12.6 Å². The highest BCUT2D eigenvalue weighted by Gasteiger charge is 2.31. The summed E-state index contributed by atoms with van der Waals surface area (Å²) in [5.41, 5.74) is 0.947. The second-order valence-corrected chi connectivity index (χ2v) is 9.66. The molecule has 0 aliphatic carbocycles. The number of amides is 2. The number of benzene rings is 2. The number of para-hydroxylation sites is 1. The van der Waals surface area contributed by atoms with Gasteiger partial charge in [-0.3, -0.25) is 13.9 Å². The zero-order valence-corrected chi connectivity index (χ0v) is 19.8. The molecule has 0 aliphatic rings. The summed E-state index contributed by atoms with van der Waals surface area (Å²) in [6.45, 7) is 1.40. The summed E-state index contributed by atoms with van der Waals surface area (Å²) < 4.78 is 25.9. The first kappa shape index (κ1) is 25.0. The molecule has 0 radical (unpaired) electrons. The average molecular weight is 486 g/mol. The van der Waals surface area contributed by atoms with Gasteiger partial charge < -0.3 is 10.2 Å². The summed E-state index contributed by atoms with van der Waals surface area (Å²) in [6.07, 6.45) is 1.35. The first-order valence-electron chi connectivity index (χ1n) is 9.56. The van der Waals surface area contributed by atoms with E-state index in [0.29, 0.717) is 11.4 Å². The van der Waals surface area contributed by atoms with Crippen LogP contribution in [-0.4, -0.2) is 51.0 Å². The highest BCUT2D eigenvalue weighted by atomic mass is 35.5. The van der Waals surface area contributed by atoms with Crippen LogP contribution in [0.4, 0.5) is 5.69 Å². The van der Waals surface area contributed by atoms with E-state index < -0.39 is 28.5 Å². The van der Waals surface area contributed by atoms with Crippen LogP contribution >= 0.6 is 23.2 Å². The monoisotopic (exact) mass is 485 g/mol. The second kappa shape index (κ2) is 10.8. The molecule has 0 heterocycles. The molecule has 0 saturated heterocycles. The summed E-state index contributed by atoms with van der Waals surface area (Å²) in [5.74, 6) is -0.871. The van der Waals surface area contributed by atoms with Gasteiger partial charge in [-0.25, -0.2) is 8.42 Å². The van der Waals surface area contributed by atoms with Crippen LogP contribution < -0.4 is 9.62 Å². The predicted molar refractivity (Wildman–Crippen MR) is 124 cm³/mol. The summed E-state index contributed by atoms with van der Waals surface area (Å²) in [4.78, 5) is 27.2. The van der Waals surface area contributed by atoms with Gasteiger partial charge >= 0.3 is 0 Å². The zero-order valence-electron chi connectivity index (χ0n) is 17.5. The van der Waals surface area contributed by atoms with Crippen molar-refractivity contribution in [3.05, 3.63) is 64.1 Å². The molecular weight excluding hydrogens is 461 g/mol. The van der Waals surface area contributed by atoms with Gasteiger partial charge in [-0.15, -0.1) is 0 Å². The summed E-state index contributed by atoms with van der Waals surface area (Å²) in [5, 5.41) is 3.30. The fraction of sp³-hybridized carbons (Fsp3) is 0.333. The van der Waals surface area contributed by atoms with Crippen molar-refractivity contribution in [2.45, 2.75) is 25.9 Å². The Hall–Kier alpha value is -2.29. The van der Waals surface area contributed by atoms with Crippen molar-refractivity contribution in [2.75, 3.05) is 24.2 Å². The van der Waals surface area contributed by atoms with E-state index in [-0.39, 0.29) is 23.2 Å². The Balaban J connectivity index is 2.43. The number of halogens is 2. The minimum Gasteiger partial charge on any atom is -0.357 e. The van der Waals surface area contributed by atoms with Crippen molar-refractivity contribution >= 4 is 50.7 Å².